The van der Waals surface area contributed by atoms with Gasteiger partial charge in [0.15, 0.2) is 5.17 Å². The van der Waals surface area contributed by atoms with Crippen molar-refractivity contribution in [1.82, 2.24) is 4.90 Å². The Bertz CT molecular complexity index is 963. The average Bonchev–Trinajstić information content (AvgIpc) is 3.10. The predicted molar refractivity (Wildman–Crippen MR) is 125 cm³/mol. The van der Waals surface area contributed by atoms with E-state index in [1.54, 1.807) is 0 Å². The van der Waals surface area contributed by atoms with Gasteiger partial charge in [-0.25, -0.2) is 0 Å². The summed E-state index contributed by atoms with van der Waals surface area (Å²) in [5.41, 5.74) is 2.13. The molecule has 0 saturated carbocycles. The van der Waals surface area contributed by atoms with Crippen molar-refractivity contribution in [3.05, 3.63) is 64.0 Å². The summed E-state index contributed by atoms with van der Waals surface area (Å²) >= 11 is 7.44. The molecule has 30 heavy (non-hydrogen) atoms. The molecule has 0 radical (unpaired) electrons. The highest BCUT2D eigenvalue weighted by atomic mass is 35.5. The largest absolute Gasteiger partial charge is 0.491 e. The topological polar surface area (TPSA) is 45.1 Å². The van der Waals surface area contributed by atoms with Gasteiger partial charge in [-0.15, -0.1) is 0 Å². The molecule has 0 unspecified atom stereocenters. The molecule has 1 amide bonds. The number of anilines is 1. The molecule has 1 saturated heterocycles. The predicted octanol–water partition coefficient (Wildman–Crippen LogP) is 4.92. The molecule has 2 aromatic rings. The first-order valence-corrected chi connectivity index (χ1v) is 11.2. The zero-order chi connectivity index (χ0) is 21.1. The Morgan fingerprint density at radius 1 is 1.00 bits per heavy atom. The summed E-state index contributed by atoms with van der Waals surface area (Å²) in [6.45, 7) is 7.42. The third-order valence-electron chi connectivity index (χ3n) is 4.90. The molecule has 0 spiro atoms. The molecule has 5 nitrogen and oxygen atoms in total. The van der Waals surface area contributed by atoms with Crippen LogP contribution >= 0.6 is 23.4 Å². The number of aliphatic imine (C=N–C) groups is 1. The van der Waals surface area contributed by atoms with Gasteiger partial charge >= 0.3 is 0 Å². The van der Waals surface area contributed by atoms with Crippen molar-refractivity contribution >= 4 is 46.2 Å². The Labute approximate surface area is 186 Å². The lowest BCUT2D eigenvalue weighted by molar-refractivity contribution is -0.113. The Balaban J connectivity index is 1.36. The van der Waals surface area contributed by atoms with Gasteiger partial charge < -0.3 is 14.5 Å². The van der Waals surface area contributed by atoms with E-state index in [4.69, 9.17) is 16.3 Å². The van der Waals surface area contributed by atoms with Crippen LogP contribution < -0.4 is 9.64 Å². The summed E-state index contributed by atoms with van der Waals surface area (Å²) < 4.78 is 5.67. The van der Waals surface area contributed by atoms with Crippen LogP contribution in [0.1, 0.15) is 19.4 Å². The number of carbonyl (C=O) groups is 1. The first-order valence-electron chi connectivity index (χ1n) is 10.0. The normalized spacial score (nSPS) is 18.3. The van der Waals surface area contributed by atoms with Gasteiger partial charge in [0.1, 0.15) is 5.75 Å². The maximum atomic E-state index is 12.4. The first kappa shape index (κ1) is 20.8. The lowest BCUT2D eigenvalue weighted by Gasteiger charge is -2.36. The summed E-state index contributed by atoms with van der Waals surface area (Å²) in [7, 11) is 0. The second-order valence-electron chi connectivity index (χ2n) is 7.50. The minimum Gasteiger partial charge on any atom is -0.491 e. The maximum Gasteiger partial charge on any atom is 0.286 e. The van der Waals surface area contributed by atoms with Gasteiger partial charge in [0.25, 0.3) is 5.91 Å². The summed E-state index contributed by atoms with van der Waals surface area (Å²) in [6, 6.07) is 15.7. The average molecular weight is 442 g/mol. The van der Waals surface area contributed by atoms with Gasteiger partial charge in [0.2, 0.25) is 0 Å². The number of amides is 1. The molecule has 0 aliphatic carbocycles. The summed E-state index contributed by atoms with van der Waals surface area (Å²) in [6.07, 6.45) is 2.03. The van der Waals surface area contributed by atoms with Crippen LogP contribution in [0.2, 0.25) is 5.02 Å². The third kappa shape index (κ3) is 4.99. The molecule has 156 valence electrons. The Morgan fingerprint density at radius 2 is 1.63 bits per heavy atom. The Kier molecular flexibility index (Phi) is 6.35. The number of carbonyl (C=O) groups excluding carboxylic acids is 1. The fraction of sp³-hybridized carbons (Fsp3) is 0.304. The number of hydrogen-bond donors (Lipinski definition) is 0. The van der Waals surface area contributed by atoms with Crippen molar-refractivity contribution in [2.24, 2.45) is 4.99 Å². The number of piperazine rings is 1. The summed E-state index contributed by atoms with van der Waals surface area (Å²) in [4.78, 5) is 21.9. The minimum atomic E-state index is -0.169. The lowest BCUT2D eigenvalue weighted by atomic mass is 10.2. The van der Waals surface area contributed by atoms with Crippen molar-refractivity contribution < 1.29 is 9.53 Å². The fourth-order valence-electron chi connectivity index (χ4n) is 3.41. The second-order valence-corrected chi connectivity index (χ2v) is 8.94. The van der Waals surface area contributed by atoms with E-state index in [2.05, 4.69) is 14.8 Å². The van der Waals surface area contributed by atoms with Crippen LogP contribution in [0.15, 0.2) is 58.4 Å². The molecular formula is C23H24ClN3O2S. The van der Waals surface area contributed by atoms with Crippen LogP contribution in [0.4, 0.5) is 5.69 Å². The van der Waals surface area contributed by atoms with Crippen molar-refractivity contribution in [2.75, 3.05) is 31.1 Å². The molecule has 0 N–H and O–H groups in total. The van der Waals surface area contributed by atoms with Gasteiger partial charge in [-0.1, -0.05) is 23.7 Å². The van der Waals surface area contributed by atoms with E-state index in [1.165, 1.54) is 17.4 Å². The maximum absolute atomic E-state index is 12.4. The van der Waals surface area contributed by atoms with Crippen LogP contribution in [-0.2, 0) is 4.79 Å². The number of amidine groups is 1. The van der Waals surface area contributed by atoms with Crippen LogP contribution in [-0.4, -0.2) is 48.3 Å². The number of thioether (sulfide) groups is 1. The molecular weight excluding hydrogens is 418 g/mol. The van der Waals surface area contributed by atoms with Crippen molar-refractivity contribution in [2.45, 2.75) is 20.0 Å². The molecule has 0 bridgehead atoms. The molecule has 7 heteroatoms. The Morgan fingerprint density at radius 3 is 2.27 bits per heavy atom. The van der Waals surface area contributed by atoms with Gasteiger partial charge in [-0.3, -0.25) is 4.79 Å². The standard InChI is InChI=1S/C23H24ClN3O2S/c1-16(2)29-20-9-3-17(4-10-20)15-21-22(28)25-23(30-21)27-13-11-26(12-14-27)19-7-5-18(24)6-8-19/h3-10,15-16H,11-14H2,1-2H3. The zero-order valence-corrected chi connectivity index (χ0v) is 18.6. The van der Waals surface area contributed by atoms with E-state index >= 15 is 0 Å². The van der Waals surface area contributed by atoms with Crippen LogP contribution in [0.5, 0.6) is 5.75 Å². The number of rotatable bonds is 4. The highest BCUT2D eigenvalue weighted by Crippen LogP contribution is 2.31. The van der Waals surface area contributed by atoms with Crippen molar-refractivity contribution in [1.29, 1.82) is 0 Å². The molecule has 4 rings (SSSR count). The number of ether oxygens (including phenoxy) is 1. The molecule has 0 atom stereocenters. The molecule has 2 aliphatic rings. The molecule has 0 aromatic heterocycles. The molecule has 1 fully saturated rings. The van der Waals surface area contributed by atoms with Gasteiger partial charge in [0.05, 0.1) is 11.0 Å². The van der Waals surface area contributed by atoms with Crippen LogP contribution in [0, 0.1) is 0 Å². The Hall–Kier alpha value is -2.44. The number of nitrogens with zero attached hydrogens (tertiary/aromatic N) is 3. The zero-order valence-electron chi connectivity index (χ0n) is 17.0. The summed E-state index contributed by atoms with van der Waals surface area (Å²) in [5.74, 6) is 0.658. The number of hydrogen-bond acceptors (Lipinski definition) is 5. The minimum absolute atomic E-state index is 0.136. The SMILES string of the molecule is CC(C)Oc1ccc(C=C2SC(N3CCN(c4ccc(Cl)cc4)CC3)=NC2=O)cc1. The van der Waals surface area contributed by atoms with Crippen molar-refractivity contribution in [3.8, 4) is 5.75 Å². The van der Waals surface area contributed by atoms with Gasteiger partial charge in [0, 0.05) is 36.9 Å². The van der Waals surface area contributed by atoms with Gasteiger partial charge in [-0.2, -0.15) is 4.99 Å². The monoisotopic (exact) mass is 441 g/mol. The van der Waals surface area contributed by atoms with Crippen LogP contribution in [0.25, 0.3) is 6.08 Å². The first-order chi connectivity index (χ1) is 14.5. The van der Waals surface area contributed by atoms with E-state index in [0.717, 1.165) is 47.7 Å². The highest BCUT2D eigenvalue weighted by Gasteiger charge is 2.28. The smallest absolute Gasteiger partial charge is 0.286 e. The quantitative estimate of drug-likeness (QED) is 0.630. The fourth-order valence-corrected chi connectivity index (χ4v) is 4.50. The van der Waals surface area contributed by atoms with E-state index < -0.39 is 0 Å². The number of halogens is 1. The lowest BCUT2D eigenvalue weighted by Crippen LogP contribution is -2.47. The van der Waals surface area contributed by atoms with E-state index in [1.807, 2.05) is 68.5 Å². The van der Waals surface area contributed by atoms with E-state index in [0.29, 0.717) is 4.91 Å². The van der Waals surface area contributed by atoms with E-state index in [9.17, 15) is 4.79 Å². The second kappa shape index (κ2) is 9.14. The third-order valence-corrected chi connectivity index (χ3v) is 6.20. The van der Waals surface area contributed by atoms with Crippen LogP contribution in [0.3, 0.4) is 0 Å². The molecule has 2 aliphatic heterocycles. The van der Waals surface area contributed by atoms with Gasteiger partial charge in [-0.05, 0) is 73.6 Å². The highest BCUT2D eigenvalue weighted by molar-refractivity contribution is 8.18. The summed E-state index contributed by atoms with van der Waals surface area (Å²) in [5, 5.41) is 1.54. The van der Waals surface area contributed by atoms with Crippen molar-refractivity contribution in [3.63, 3.8) is 0 Å². The van der Waals surface area contributed by atoms with E-state index in [-0.39, 0.29) is 12.0 Å². The molecule has 2 heterocycles. The number of benzene rings is 2. The molecule has 2 aromatic carbocycles.